The Hall–Kier alpha value is -1.88. The van der Waals surface area contributed by atoms with Crippen LogP contribution in [0.5, 0.6) is 0 Å². The minimum absolute atomic E-state index is 0.173. The first-order chi connectivity index (χ1) is 13.2. The van der Waals surface area contributed by atoms with Crippen molar-refractivity contribution < 1.29 is 4.79 Å². The molecule has 2 unspecified atom stereocenters. The summed E-state index contributed by atoms with van der Waals surface area (Å²) in [5, 5.41) is 0.676. The van der Waals surface area contributed by atoms with E-state index in [1.165, 1.54) is 19.3 Å². The Labute approximate surface area is 164 Å². The van der Waals surface area contributed by atoms with E-state index in [4.69, 9.17) is 16.6 Å². The van der Waals surface area contributed by atoms with Crippen LogP contribution in [0.15, 0.2) is 24.4 Å². The predicted molar refractivity (Wildman–Crippen MR) is 107 cm³/mol. The smallest absolute Gasteiger partial charge is 0.225 e. The molecule has 142 valence electrons. The van der Waals surface area contributed by atoms with Crippen LogP contribution in [0.3, 0.4) is 0 Å². The second kappa shape index (κ2) is 6.93. The van der Waals surface area contributed by atoms with Gasteiger partial charge in [-0.2, -0.15) is 0 Å². The standard InChI is InChI=1S/C21H25ClN4O/c22-17-4-5-18-19(10-17)23-11-20(24-18)25-8-6-14(7-9-25)21(27)26-12-15-2-1-3-16(15)13-26/h4-5,10-11,14-16H,1-3,6-9,12-13H2. The molecule has 3 aliphatic rings. The number of nitrogens with zero attached hydrogens (tertiary/aromatic N) is 4. The number of amides is 1. The summed E-state index contributed by atoms with van der Waals surface area (Å²) in [6.45, 7) is 3.74. The van der Waals surface area contributed by atoms with E-state index in [1.54, 1.807) is 0 Å². The second-order valence-electron chi connectivity index (χ2n) is 8.32. The van der Waals surface area contributed by atoms with E-state index in [1.807, 2.05) is 24.4 Å². The van der Waals surface area contributed by atoms with E-state index in [-0.39, 0.29) is 5.92 Å². The zero-order valence-corrected chi connectivity index (χ0v) is 16.2. The second-order valence-corrected chi connectivity index (χ2v) is 8.75. The highest BCUT2D eigenvalue weighted by atomic mass is 35.5. The Balaban J connectivity index is 1.22. The summed E-state index contributed by atoms with van der Waals surface area (Å²) in [6.07, 6.45) is 7.63. The lowest BCUT2D eigenvalue weighted by Gasteiger charge is -2.34. The Kier molecular flexibility index (Phi) is 4.43. The van der Waals surface area contributed by atoms with Crippen LogP contribution < -0.4 is 4.90 Å². The van der Waals surface area contributed by atoms with Gasteiger partial charge in [0.05, 0.1) is 17.2 Å². The Morgan fingerprint density at radius 3 is 2.52 bits per heavy atom. The van der Waals surface area contributed by atoms with E-state index in [2.05, 4.69) is 14.8 Å². The van der Waals surface area contributed by atoms with Gasteiger partial charge in [-0.1, -0.05) is 18.0 Å². The Bertz CT molecular complexity index is 852. The number of rotatable bonds is 2. The van der Waals surface area contributed by atoms with Crippen molar-refractivity contribution in [3.63, 3.8) is 0 Å². The maximum absolute atomic E-state index is 12.9. The first-order valence-electron chi connectivity index (χ1n) is 10.1. The number of likely N-dealkylation sites (tertiary alicyclic amines) is 1. The molecule has 5 rings (SSSR count). The quantitative estimate of drug-likeness (QED) is 0.791. The fourth-order valence-corrected chi connectivity index (χ4v) is 5.32. The molecule has 0 bridgehead atoms. The minimum Gasteiger partial charge on any atom is -0.355 e. The van der Waals surface area contributed by atoms with Crippen LogP contribution in [0.25, 0.3) is 11.0 Å². The predicted octanol–water partition coefficient (Wildman–Crippen LogP) is 3.76. The third-order valence-corrected chi connectivity index (χ3v) is 6.93. The molecule has 1 aromatic carbocycles. The van der Waals surface area contributed by atoms with Crippen molar-refractivity contribution in [3.8, 4) is 0 Å². The SMILES string of the molecule is O=C(C1CCN(c2cnc3cc(Cl)ccc3n2)CC1)N1CC2CCCC2C1. The van der Waals surface area contributed by atoms with Gasteiger partial charge < -0.3 is 9.80 Å². The summed E-state index contributed by atoms with van der Waals surface area (Å²) in [5.74, 6) is 3.01. The van der Waals surface area contributed by atoms with Gasteiger partial charge in [0.15, 0.2) is 0 Å². The van der Waals surface area contributed by atoms with Gasteiger partial charge in [-0.25, -0.2) is 4.98 Å². The van der Waals surface area contributed by atoms with Crippen LogP contribution >= 0.6 is 11.6 Å². The van der Waals surface area contributed by atoms with E-state index in [0.29, 0.717) is 10.9 Å². The molecule has 2 saturated heterocycles. The molecule has 1 saturated carbocycles. The molecule has 1 aromatic heterocycles. The van der Waals surface area contributed by atoms with E-state index in [9.17, 15) is 4.79 Å². The molecular weight excluding hydrogens is 360 g/mol. The first kappa shape index (κ1) is 17.2. The number of anilines is 1. The molecule has 6 heteroatoms. The average molecular weight is 385 g/mol. The monoisotopic (exact) mass is 384 g/mol. The highest BCUT2D eigenvalue weighted by Crippen LogP contribution is 2.38. The number of piperidine rings is 1. The number of hydrogen-bond donors (Lipinski definition) is 0. The summed E-state index contributed by atoms with van der Waals surface area (Å²) in [5.41, 5.74) is 1.68. The topological polar surface area (TPSA) is 49.3 Å². The molecule has 27 heavy (non-hydrogen) atoms. The maximum atomic E-state index is 12.9. The minimum atomic E-state index is 0.173. The van der Waals surface area contributed by atoms with Crippen molar-refractivity contribution in [1.82, 2.24) is 14.9 Å². The summed E-state index contributed by atoms with van der Waals surface area (Å²) >= 11 is 6.02. The third kappa shape index (κ3) is 3.27. The molecule has 1 aliphatic carbocycles. The lowest BCUT2D eigenvalue weighted by atomic mass is 9.95. The van der Waals surface area contributed by atoms with Crippen molar-refractivity contribution in [2.75, 3.05) is 31.1 Å². The summed E-state index contributed by atoms with van der Waals surface area (Å²) in [7, 11) is 0. The molecule has 0 radical (unpaired) electrons. The zero-order valence-electron chi connectivity index (χ0n) is 15.5. The lowest BCUT2D eigenvalue weighted by Crippen LogP contribution is -2.42. The van der Waals surface area contributed by atoms with Crippen LogP contribution in [0.1, 0.15) is 32.1 Å². The molecular formula is C21H25ClN4O. The average Bonchev–Trinajstić information content (AvgIpc) is 3.29. The van der Waals surface area contributed by atoms with Gasteiger partial charge >= 0.3 is 0 Å². The Morgan fingerprint density at radius 2 is 1.78 bits per heavy atom. The molecule has 3 fully saturated rings. The number of benzene rings is 1. The number of carbonyl (C=O) groups excluding carboxylic acids is 1. The summed E-state index contributed by atoms with van der Waals surface area (Å²) in [6, 6.07) is 5.59. The largest absolute Gasteiger partial charge is 0.355 e. The molecule has 5 nitrogen and oxygen atoms in total. The van der Waals surface area contributed by atoms with Gasteiger partial charge in [0.25, 0.3) is 0 Å². The van der Waals surface area contributed by atoms with Crippen molar-refractivity contribution >= 4 is 34.4 Å². The lowest BCUT2D eigenvalue weighted by molar-refractivity contribution is -0.135. The van der Waals surface area contributed by atoms with Gasteiger partial charge in [0.1, 0.15) is 5.82 Å². The molecule has 0 N–H and O–H groups in total. The fourth-order valence-electron chi connectivity index (χ4n) is 5.16. The summed E-state index contributed by atoms with van der Waals surface area (Å²) in [4.78, 5) is 26.6. The van der Waals surface area contributed by atoms with Crippen LogP contribution in [0, 0.1) is 17.8 Å². The first-order valence-corrected chi connectivity index (χ1v) is 10.5. The van der Waals surface area contributed by atoms with E-state index >= 15 is 0 Å². The van der Waals surface area contributed by atoms with E-state index in [0.717, 1.165) is 67.7 Å². The molecule has 2 aliphatic heterocycles. The molecule has 1 amide bonds. The van der Waals surface area contributed by atoms with Gasteiger partial charge in [-0.15, -0.1) is 0 Å². The van der Waals surface area contributed by atoms with Crippen molar-refractivity contribution in [1.29, 1.82) is 0 Å². The molecule has 0 spiro atoms. The van der Waals surface area contributed by atoms with Gasteiger partial charge in [-0.05, 0) is 55.7 Å². The van der Waals surface area contributed by atoms with Crippen molar-refractivity contribution in [3.05, 3.63) is 29.4 Å². The van der Waals surface area contributed by atoms with Gasteiger partial charge in [-0.3, -0.25) is 9.78 Å². The fraction of sp³-hybridized carbons (Fsp3) is 0.571. The molecule has 2 aromatic rings. The molecule has 3 heterocycles. The van der Waals surface area contributed by atoms with Crippen LogP contribution in [-0.2, 0) is 4.79 Å². The number of aromatic nitrogens is 2. The maximum Gasteiger partial charge on any atom is 0.225 e. The van der Waals surface area contributed by atoms with Crippen LogP contribution in [0.4, 0.5) is 5.82 Å². The normalized spacial score (nSPS) is 26.0. The number of fused-ring (bicyclic) bond motifs is 2. The number of halogens is 1. The van der Waals surface area contributed by atoms with Crippen molar-refractivity contribution in [2.24, 2.45) is 17.8 Å². The highest BCUT2D eigenvalue weighted by molar-refractivity contribution is 6.31. The zero-order chi connectivity index (χ0) is 18.4. The van der Waals surface area contributed by atoms with Gasteiger partial charge in [0.2, 0.25) is 5.91 Å². The van der Waals surface area contributed by atoms with Crippen LogP contribution in [-0.4, -0.2) is 47.0 Å². The number of carbonyl (C=O) groups is 1. The third-order valence-electron chi connectivity index (χ3n) is 6.70. The Morgan fingerprint density at radius 1 is 1.04 bits per heavy atom. The van der Waals surface area contributed by atoms with Gasteiger partial charge in [0, 0.05) is 37.1 Å². The van der Waals surface area contributed by atoms with Crippen LogP contribution in [0.2, 0.25) is 5.02 Å². The highest BCUT2D eigenvalue weighted by Gasteiger charge is 2.40. The van der Waals surface area contributed by atoms with Crippen molar-refractivity contribution in [2.45, 2.75) is 32.1 Å². The van der Waals surface area contributed by atoms with E-state index < -0.39 is 0 Å². The summed E-state index contributed by atoms with van der Waals surface area (Å²) < 4.78 is 0. The molecule has 2 atom stereocenters. The number of hydrogen-bond acceptors (Lipinski definition) is 4.